The molecule has 34 heavy (non-hydrogen) atoms. The predicted molar refractivity (Wildman–Crippen MR) is 143 cm³/mol. The molecule has 0 spiro atoms. The van der Waals surface area contributed by atoms with E-state index >= 15 is 0 Å². The second-order valence-corrected chi connectivity index (χ2v) is 9.97. The smallest absolute Gasteiger partial charge is 0.266 e. The third-order valence-electron chi connectivity index (χ3n) is 6.40. The fourth-order valence-electron chi connectivity index (χ4n) is 4.01. The number of thioether (sulfide) groups is 1. The maximum Gasteiger partial charge on any atom is 0.266 e. The van der Waals surface area contributed by atoms with Gasteiger partial charge in [-0.3, -0.25) is 9.69 Å². The summed E-state index contributed by atoms with van der Waals surface area (Å²) < 4.78 is 11.6. The highest BCUT2D eigenvalue weighted by atomic mass is 32.2. The summed E-state index contributed by atoms with van der Waals surface area (Å²) in [6, 6.07) is 5.70. The number of carbonyl (C=O) groups excluding carboxylic acids is 1. The van der Waals surface area contributed by atoms with E-state index in [4.69, 9.17) is 9.47 Å². The van der Waals surface area contributed by atoms with Crippen molar-refractivity contribution in [1.29, 1.82) is 0 Å². The predicted octanol–water partition coefficient (Wildman–Crippen LogP) is 4.94. The van der Waals surface area contributed by atoms with Crippen molar-refractivity contribution in [3.8, 4) is 11.5 Å². The van der Waals surface area contributed by atoms with Crippen LogP contribution in [-0.4, -0.2) is 76.0 Å². The van der Waals surface area contributed by atoms with Crippen LogP contribution in [-0.2, 0) is 4.79 Å². The Kier molecular flexibility index (Phi) is 9.96. The van der Waals surface area contributed by atoms with E-state index in [1.165, 1.54) is 18.4 Å². The molecular weight excluding hydrogens is 446 g/mol. The lowest BCUT2D eigenvalue weighted by atomic mass is 10.1. The highest BCUT2D eigenvalue weighted by Gasteiger charge is 2.22. The Hall–Kier alpha value is -2.38. The summed E-state index contributed by atoms with van der Waals surface area (Å²) >= 11 is 1.62. The van der Waals surface area contributed by atoms with Gasteiger partial charge in [0.15, 0.2) is 11.5 Å². The van der Waals surface area contributed by atoms with Crippen LogP contribution in [0.5, 0.6) is 11.5 Å². The molecule has 1 heterocycles. The minimum absolute atomic E-state index is 0.0205. The molecule has 6 nitrogen and oxygen atoms in total. The highest BCUT2D eigenvalue weighted by molar-refractivity contribution is 8.04. The Bertz CT molecular complexity index is 933. The standard InChI is InChI=1S/C27H39N3O3S/c1-21(28(2)3)26(34-20-22-11-7-6-8-12-22)27(31)29(4)23-13-14-24(25(19-23)32-5)33-18-17-30-15-9-10-16-30/h6-7,11,13-14,19H,8-10,12,15-18,20H2,1-5H3. The molecule has 1 fully saturated rings. The van der Waals surface area contributed by atoms with Crippen molar-refractivity contribution in [3.63, 3.8) is 0 Å². The second kappa shape index (κ2) is 12.9. The molecule has 0 unspecified atom stereocenters. The molecule has 0 N–H and O–H groups in total. The van der Waals surface area contributed by atoms with Crippen LogP contribution in [0.3, 0.4) is 0 Å². The van der Waals surface area contributed by atoms with E-state index in [-0.39, 0.29) is 5.91 Å². The van der Waals surface area contributed by atoms with Gasteiger partial charge in [-0.15, -0.1) is 11.8 Å². The van der Waals surface area contributed by atoms with Crippen LogP contribution in [0, 0.1) is 0 Å². The van der Waals surface area contributed by atoms with E-state index in [0.29, 0.717) is 18.1 Å². The summed E-state index contributed by atoms with van der Waals surface area (Å²) in [4.78, 5) is 20.5. The molecule has 0 atom stereocenters. The Morgan fingerprint density at radius 2 is 1.91 bits per heavy atom. The maximum absolute atomic E-state index is 13.6. The quantitative estimate of drug-likeness (QED) is 0.414. The average molecular weight is 486 g/mol. The van der Waals surface area contributed by atoms with E-state index in [9.17, 15) is 4.79 Å². The number of methoxy groups -OCH3 is 1. The first-order valence-corrected chi connectivity index (χ1v) is 13.1. The zero-order valence-electron chi connectivity index (χ0n) is 21.3. The summed E-state index contributed by atoms with van der Waals surface area (Å²) in [5, 5.41) is 0. The number of hydrogen-bond donors (Lipinski definition) is 0. The van der Waals surface area contributed by atoms with Gasteiger partial charge in [-0.25, -0.2) is 0 Å². The van der Waals surface area contributed by atoms with Crippen LogP contribution < -0.4 is 14.4 Å². The lowest BCUT2D eigenvalue weighted by molar-refractivity contribution is -0.114. The molecule has 1 saturated heterocycles. The maximum atomic E-state index is 13.6. The van der Waals surface area contributed by atoms with E-state index in [1.54, 1.807) is 23.8 Å². The molecule has 3 rings (SSSR count). The summed E-state index contributed by atoms with van der Waals surface area (Å²) in [5.41, 5.74) is 3.10. The molecule has 0 radical (unpaired) electrons. The monoisotopic (exact) mass is 485 g/mol. The number of amides is 1. The number of anilines is 1. The fraction of sp³-hybridized carbons (Fsp3) is 0.519. The molecule has 1 aliphatic carbocycles. The highest BCUT2D eigenvalue weighted by Crippen LogP contribution is 2.34. The van der Waals surface area contributed by atoms with Crippen LogP contribution >= 0.6 is 11.8 Å². The zero-order valence-corrected chi connectivity index (χ0v) is 22.1. The van der Waals surface area contributed by atoms with Crippen LogP contribution in [0.15, 0.2) is 52.6 Å². The number of ether oxygens (including phenoxy) is 2. The van der Waals surface area contributed by atoms with Gasteiger partial charge in [0.2, 0.25) is 0 Å². The molecule has 0 saturated carbocycles. The molecule has 7 heteroatoms. The van der Waals surface area contributed by atoms with Crippen LogP contribution in [0.1, 0.15) is 32.6 Å². The van der Waals surface area contributed by atoms with Crippen molar-refractivity contribution in [2.45, 2.75) is 32.6 Å². The van der Waals surface area contributed by atoms with Crippen molar-refractivity contribution in [2.75, 3.05) is 65.1 Å². The number of carbonyl (C=O) groups is 1. The molecule has 0 bridgehead atoms. The number of rotatable bonds is 11. The Morgan fingerprint density at radius 3 is 2.56 bits per heavy atom. The van der Waals surface area contributed by atoms with Crippen molar-refractivity contribution in [1.82, 2.24) is 9.80 Å². The van der Waals surface area contributed by atoms with Crippen molar-refractivity contribution in [2.24, 2.45) is 0 Å². The third kappa shape index (κ3) is 7.06. The Balaban J connectivity index is 1.70. The molecule has 1 aromatic carbocycles. The van der Waals surface area contributed by atoms with Gasteiger partial charge in [0, 0.05) is 50.9 Å². The van der Waals surface area contributed by atoms with Gasteiger partial charge in [0.1, 0.15) is 6.61 Å². The summed E-state index contributed by atoms with van der Waals surface area (Å²) in [7, 11) is 7.40. The van der Waals surface area contributed by atoms with Crippen molar-refractivity contribution >= 4 is 23.4 Å². The largest absolute Gasteiger partial charge is 0.493 e. The van der Waals surface area contributed by atoms with Crippen molar-refractivity contribution < 1.29 is 14.3 Å². The Labute approximate surface area is 209 Å². The minimum atomic E-state index is -0.0205. The molecule has 0 aromatic heterocycles. The number of benzene rings is 1. The van der Waals surface area contributed by atoms with E-state index in [0.717, 1.165) is 54.5 Å². The molecule has 186 valence electrons. The second-order valence-electron chi connectivity index (χ2n) is 8.99. The SMILES string of the molecule is COc1cc(N(C)C(=O)C(SCC2=CC=CCC2)=C(C)N(C)C)ccc1OCCN1CCCC1. The minimum Gasteiger partial charge on any atom is -0.493 e. The molecule has 1 aromatic rings. The van der Waals surface area contributed by atoms with Gasteiger partial charge in [-0.1, -0.05) is 23.8 Å². The number of likely N-dealkylation sites (N-methyl/N-ethyl adjacent to an activating group) is 1. The normalized spacial score (nSPS) is 16.7. The van der Waals surface area contributed by atoms with Crippen LogP contribution in [0.4, 0.5) is 5.69 Å². The number of nitrogens with zero attached hydrogens (tertiary/aromatic N) is 3. The van der Waals surface area contributed by atoms with Crippen LogP contribution in [0.25, 0.3) is 0 Å². The molecule has 1 aliphatic heterocycles. The number of allylic oxidation sites excluding steroid dienone is 4. The van der Waals surface area contributed by atoms with Gasteiger partial charge >= 0.3 is 0 Å². The molecule has 2 aliphatic rings. The lowest BCUT2D eigenvalue weighted by Gasteiger charge is -2.24. The number of hydrogen-bond acceptors (Lipinski definition) is 6. The van der Waals surface area contributed by atoms with E-state index < -0.39 is 0 Å². The van der Waals surface area contributed by atoms with E-state index in [1.807, 2.05) is 51.2 Å². The third-order valence-corrected chi connectivity index (χ3v) is 7.67. The lowest BCUT2D eigenvalue weighted by Crippen LogP contribution is -2.29. The van der Waals surface area contributed by atoms with Crippen molar-refractivity contribution in [3.05, 3.63) is 52.6 Å². The van der Waals surface area contributed by atoms with Gasteiger partial charge in [-0.05, 0) is 57.8 Å². The topological polar surface area (TPSA) is 45.3 Å². The van der Waals surface area contributed by atoms with Gasteiger partial charge in [-0.2, -0.15) is 0 Å². The fourth-order valence-corrected chi connectivity index (χ4v) is 5.23. The van der Waals surface area contributed by atoms with Crippen LogP contribution in [0.2, 0.25) is 0 Å². The number of likely N-dealkylation sites (tertiary alicyclic amines) is 1. The zero-order chi connectivity index (χ0) is 24.5. The summed E-state index contributed by atoms with van der Waals surface area (Å²) in [6.07, 6.45) is 11.1. The molecular formula is C27H39N3O3S. The first-order chi connectivity index (χ1) is 16.4. The first kappa shape index (κ1) is 26.2. The van der Waals surface area contributed by atoms with Gasteiger partial charge in [0.05, 0.1) is 12.0 Å². The average Bonchev–Trinajstić information content (AvgIpc) is 3.37. The van der Waals surface area contributed by atoms with Gasteiger partial charge in [0.25, 0.3) is 5.91 Å². The van der Waals surface area contributed by atoms with E-state index in [2.05, 4.69) is 23.1 Å². The summed E-state index contributed by atoms with van der Waals surface area (Å²) in [6.45, 7) is 5.86. The first-order valence-electron chi connectivity index (χ1n) is 12.1. The summed E-state index contributed by atoms with van der Waals surface area (Å²) in [5.74, 6) is 2.14. The van der Waals surface area contributed by atoms with Gasteiger partial charge < -0.3 is 19.3 Å². The Morgan fingerprint density at radius 1 is 1.15 bits per heavy atom. The molecule has 1 amide bonds.